The third kappa shape index (κ3) is 1.02. The number of fused-ring (bicyclic) bond motifs is 1. The molecule has 1 unspecified atom stereocenters. The van der Waals surface area contributed by atoms with Crippen molar-refractivity contribution in [3.63, 3.8) is 0 Å². The molecule has 1 atom stereocenters. The maximum absolute atomic E-state index is 3.38. The van der Waals surface area contributed by atoms with Gasteiger partial charge in [-0.15, -0.1) is 0 Å². The van der Waals surface area contributed by atoms with Crippen LogP contribution in [0.3, 0.4) is 0 Å². The van der Waals surface area contributed by atoms with E-state index in [-0.39, 0.29) is 0 Å². The number of hydrogen-bond acceptors (Lipinski definition) is 3. The Labute approximate surface area is 61.1 Å². The molecule has 0 aromatic carbocycles. The summed E-state index contributed by atoms with van der Waals surface area (Å²) >= 11 is 0. The molecule has 0 aliphatic carbocycles. The molecule has 2 aliphatic heterocycles. The molecule has 0 bridgehead atoms. The Morgan fingerprint density at radius 1 is 1.40 bits per heavy atom. The van der Waals surface area contributed by atoms with Crippen LogP contribution in [0.2, 0.25) is 0 Å². The SMILES string of the molecule is C1=CN2CCCNC2NC1. The summed E-state index contributed by atoms with van der Waals surface area (Å²) in [6, 6.07) is 0. The molecule has 56 valence electrons. The van der Waals surface area contributed by atoms with Gasteiger partial charge >= 0.3 is 0 Å². The summed E-state index contributed by atoms with van der Waals surface area (Å²) in [4.78, 5) is 2.30. The van der Waals surface area contributed by atoms with Crippen molar-refractivity contribution in [2.45, 2.75) is 12.7 Å². The minimum atomic E-state index is 0.402. The van der Waals surface area contributed by atoms with Gasteiger partial charge in [0.05, 0.1) is 0 Å². The van der Waals surface area contributed by atoms with E-state index in [1.807, 2.05) is 0 Å². The Hall–Kier alpha value is -0.540. The second-order valence-electron chi connectivity index (χ2n) is 2.74. The zero-order valence-corrected chi connectivity index (χ0v) is 6.01. The standard InChI is InChI=1S/C7H13N3/c1-3-8-7-9-4-2-6-10(7)5-1/h1,5,7-9H,2-4,6H2. The second kappa shape index (κ2) is 2.60. The van der Waals surface area contributed by atoms with Gasteiger partial charge in [0.2, 0.25) is 0 Å². The van der Waals surface area contributed by atoms with Crippen LogP contribution in [-0.2, 0) is 0 Å². The monoisotopic (exact) mass is 139 g/mol. The first-order valence-corrected chi connectivity index (χ1v) is 3.86. The van der Waals surface area contributed by atoms with Gasteiger partial charge in [-0.1, -0.05) is 6.08 Å². The quantitative estimate of drug-likeness (QED) is 0.482. The van der Waals surface area contributed by atoms with E-state index in [0.717, 1.165) is 13.1 Å². The maximum Gasteiger partial charge on any atom is 0.134 e. The number of hydrogen-bond donors (Lipinski definition) is 2. The molecule has 3 nitrogen and oxygen atoms in total. The highest BCUT2D eigenvalue weighted by Gasteiger charge is 2.19. The van der Waals surface area contributed by atoms with Crippen LogP contribution >= 0.6 is 0 Å². The Morgan fingerprint density at radius 3 is 3.30 bits per heavy atom. The van der Waals surface area contributed by atoms with E-state index in [4.69, 9.17) is 0 Å². The van der Waals surface area contributed by atoms with E-state index >= 15 is 0 Å². The molecular weight excluding hydrogens is 126 g/mol. The van der Waals surface area contributed by atoms with Crippen molar-refractivity contribution in [1.82, 2.24) is 15.5 Å². The van der Waals surface area contributed by atoms with E-state index in [0.29, 0.717) is 6.29 Å². The molecule has 0 amide bonds. The number of rotatable bonds is 0. The maximum atomic E-state index is 3.38. The third-order valence-corrected chi connectivity index (χ3v) is 1.99. The highest BCUT2D eigenvalue weighted by Crippen LogP contribution is 2.05. The average molecular weight is 139 g/mol. The highest BCUT2D eigenvalue weighted by molar-refractivity contribution is 4.94. The zero-order valence-electron chi connectivity index (χ0n) is 6.01. The van der Waals surface area contributed by atoms with Gasteiger partial charge in [-0.3, -0.25) is 10.6 Å². The van der Waals surface area contributed by atoms with E-state index in [9.17, 15) is 0 Å². The average Bonchev–Trinajstić information content (AvgIpc) is 2.05. The van der Waals surface area contributed by atoms with Crippen LogP contribution in [0.4, 0.5) is 0 Å². The van der Waals surface area contributed by atoms with Crippen LogP contribution < -0.4 is 10.6 Å². The number of nitrogens with zero attached hydrogens (tertiary/aromatic N) is 1. The molecule has 0 aromatic heterocycles. The van der Waals surface area contributed by atoms with E-state index in [1.54, 1.807) is 0 Å². The summed E-state index contributed by atoms with van der Waals surface area (Å²) < 4.78 is 0. The fourth-order valence-electron chi connectivity index (χ4n) is 1.46. The fraction of sp³-hybridized carbons (Fsp3) is 0.714. The zero-order chi connectivity index (χ0) is 6.81. The smallest absolute Gasteiger partial charge is 0.134 e. The second-order valence-corrected chi connectivity index (χ2v) is 2.74. The van der Waals surface area contributed by atoms with Crippen molar-refractivity contribution < 1.29 is 0 Å². The van der Waals surface area contributed by atoms with Gasteiger partial charge in [0.1, 0.15) is 6.29 Å². The lowest BCUT2D eigenvalue weighted by atomic mass is 10.3. The highest BCUT2D eigenvalue weighted by atomic mass is 15.4. The van der Waals surface area contributed by atoms with Crippen molar-refractivity contribution in [3.8, 4) is 0 Å². The summed E-state index contributed by atoms with van der Waals surface area (Å²) in [5, 5.41) is 6.73. The molecule has 0 radical (unpaired) electrons. The third-order valence-electron chi connectivity index (χ3n) is 1.99. The molecule has 3 heteroatoms. The molecule has 2 aliphatic rings. The summed E-state index contributed by atoms with van der Waals surface area (Å²) in [5.41, 5.74) is 0. The van der Waals surface area contributed by atoms with Gasteiger partial charge < -0.3 is 4.90 Å². The normalized spacial score (nSPS) is 32.0. The molecule has 1 fully saturated rings. The Balaban J connectivity index is 2.03. The molecule has 0 spiro atoms. The largest absolute Gasteiger partial charge is 0.350 e. The Morgan fingerprint density at radius 2 is 2.40 bits per heavy atom. The lowest BCUT2D eigenvalue weighted by Gasteiger charge is -2.38. The predicted octanol–water partition coefficient (Wildman–Crippen LogP) is -0.318. The number of nitrogens with one attached hydrogen (secondary N) is 2. The first-order valence-electron chi connectivity index (χ1n) is 3.86. The minimum Gasteiger partial charge on any atom is -0.350 e. The van der Waals surface area contributed by atoms with E-state index in [1.165, 1.54) is 13.0 Å². The van der Waals surface area contributed by atoms with Crippen LogP contribution in [-0.4, -0.2) is 30.8 Å². The Kier molecular flexibility index (Phi) is 1.61. The van der Waals surface area contributed by atoms with Crippen LogP contribution in [0.25, 0.3) is 0 Å². The van der Waals surface area contributed by atoms with Crippen LogP contribution in [0.1, 0.15) is 6.42 Å². The van der Waals surface area contributed by atoms with Crippen LogP contribution in [0.15, 0.2) is 12.3 Å². The fourth-order valence-corrected chi connectivity index (χ4v) is 1.46. The van der Waals surface area contributed by atoms with Gasteiger partial charge in [-0.2, -0.15) is 0 Å². The van der Waals surface area contributed by atoms with Crippen LogP contribution in [0, 0.1) is 0 Å². The molecule has 0 aromatic rings. The van der Waals surface area contributed by atoms with Gasteiger partial charge in [0.25, 0.3) is 0 Å². The molecule has 2 N–H and O–H groups in total. The first-order chi connectivity index (χ1) is 4.97. The van der Waals surface area contributed by atoms with Crippen molar-refractivity contribution in [3.05, 3.63) is 12.3 Å². The summed E-state index contributed by atoms with van der Waals surface area (Å²) in [7, 11) is 0. The van der Waals surface area contributed by atoms with E-state index in [2.05, 4.69) is 27.8 Å². The molecule has 2 heterocycles. The molecule has 2 rings (SSSR count). The van der Waals surface area contributed by atoms with Gasteiger partial charge in [0, 0.05) is 13.1 Å². The van der Waals surface area contributed by atoms with E-state index < -0.39 is 0 Å². The molecule has 0 saturated carbocycles. The van der Waals surface area contributed by atoms with Crippen molar-refractivity contribution in [1.29, 1.82) is 0 Å². The molecular formula is C7H13N3. The van der Waals surface area contributed by atoms with Crippen LogP contribution in [0.5, 0.6) is 0 Å². The molecule has 10 heavy (non-hydrogen) atoms. The summed E-state index contributed by atoms with van der Waals surface area (Å²) in [6.45, 7) is 3.32. The predicted molar refractivity (Wildman–Crippen MR) is 40.3 cm³/mol. The summed E-state index contributed by atoms with van der Waals surface area (Å²) in [5.74, 6) is 0. The van der Waals surface area contributed by atoms with Crippen molar-refractivity contribution in [2.24, 2.45) is 0 Å². The van der Waals surface area contributed by atoms with Crippen molar-refractivity contribution >= 4 is 0 Å². The lowest BCUT2D eigenvalue weighted by molar-refractivity contribution is 0.152. The van der Waals surface area contributed by atoms with Gasteiger partial charge in [-0.05, 0) is 19.2 Å². The minimum absolute atomic E-state index is 0.402. The summed E-state index contributed by atoms with van der Waals surface area (Å²) in [6.07, 6.45) is 5.98. The molecule has 1 saturated heterocycles. The van der Waals surface area contributed by atoms with Gasteiger partial charge in [0.15, 0.2) is 0 Å². The topological polar surface area (TPSA) is 27.3 Å². The van der Waals surface area contributed by atoms with Crippen molar-refractivity contribution in [2.75, 3.05) is 19.6 Å². The lowest BCUT2D eigenvalue weighted by Crippen LogP contribution is -2.58. The Bertz CT molecular complexity index is 144. The first kappa shape index (κ1) is 6.19. The van der Waals surface area contributed by atoms with Gasteiger partial charge in [-0.25, -0.2) is 0 Å².